The topological polar surface area (TPSA) is 68.8 Å². The summed E-state index contributed by atoms with van der Waals surface area (Å²) in [6.45, 7) is 8.66. The van der Waals surface area contributed by atoms with Crippen LogP contribution in [0.4, 0.5) is 0 Å². The number of benzene rings is 1. The van der Waals surface area contributed by atoms with Crippen LogP contribution in [0.25, 0.3) is 11.3 Å². The van der Waals surface area contributed by atoms with Crippen LogP contribution >= 0.6 is 24.0 Å². The van der Waals surface area contributed by atoms with Gasteiger partial charge in [0.15, 0.2) is 5.96 Å². The van der Waals surface area contributed by atoms with E-state index in [1.54, 1.807) is 7.11 Å². The zero-order valence-corrected chi connectivity index (χ0v) is 21.3. The zero-order valence-electron chi connectivity index (χ0n) is 19.0. The van der Waals surface area contributed by atoms with Gasteiger partial charge >= 0.3 is 0 Å². The molecule has 2 aromatic rings. The Balaban J connectivity index is 0.00000341. The molecule has 172 valence electrons. The van der Waals surface area contributed by atoms with Gasteiger partial charge in [-0.2, -0.15) is 0 Å². The number of ether oxygens (including phenoxy) is 1. The largest absolute Gasteiger partial charge is 0.383 e. The SMILES string of the molecule is CCNC(=NCC1CCN(CCOC)CC1)N(C)Cc1ncc(-c2ccccc2)[nH]1.I. The number of aromatic amines is 1. The third-order valence-corrected chi connectivity index (χ3v) is 5.61. The minimum absolute atomic E-state index is 0. The molecule has 0 saturated carbocycles. The van der Waals surface area contributed by atoms with Crippen molar-refractivity contribution in [3.8, 4) is 11.3 Å². The van der Waals surface area contributed by atoms with Gasteiger partial charge in [-0.3, -0.25) is 4.99 Å². The quantitative estimate of drug-likeness (QED) is 0.290. The molecule has 3 rings (SSSR count). The van der Waals surface area contributed by atoms with Crippen molar-refractivity contribution in [1.82, 2.24) is 25.1 Å². The summed E-state index contributed by atoms with van der Waals surface area (Å²) in [6, 6.07) is 10.3. The van der Waals surface area contributed by atoms with Crippen molar-refractivity contribution < 1.29 is 4.74 Å². The molecule has 1 fully saturated rings. The number of imidazole rings is 1. The predicted molar refractivity (Wildman–Crippen MR) is 138 cm³/mol. The predicted octanol–water partition coefficient (Wildman–Crippen LogP) is 3.45. The number of H-pyrrole nitrogens is 1. The number of halogens is 1. The van der Waals surface area contributed by atoms with E-state index in [1.165, 1.54) is 12.8 Å². The fourth-order valence-corrected chi connectivity index (χ4v) is 3.81. The average Bonchev–Trinajstić information content (AvgIpc) is 3.25. The minimum Gasteiger partial charge on any atom is -0.383 e. The summed E-state index contributed by atoms with van der Waals surface area (Å²) in [7, 11) is 3.84. The van der Waals surface area contributed by atoms with Crippen LogP contribution < -0.4 is 5.32 Å². The van der Waals surface area contributed by atoms with E-state index in [0.29, 0.717) is 12.5 Å². The van der Waals surface area contributed by atoms with E-state index in [0.717, 1.165) is 62.4 Å². The average molecular weight is 540 g/mol. The summed E-state index contributed by atoms with van der Waals surface area (Å²) in [5.74, 6) is 2.53. The fourth-order valence-electron chi connectivity index (χ4n) is 3.81. The maximum Gasteiger partial charge on any atom is 0.194 e. The molecule has 1 aliphatic rings. The lowest BCUT2D eigenvalue weighted by molar-refractivity contribution is 0.121. The Morgan fingerprint density at radius 2 is 2.03 bits per heavy atom. The molecule has 2 heterocycles. The van der Waals surface area contributed by atoms with E-state index in [-0.39, 0.29) is 24.0 Å². The second kappa shape index (κ2) is 13.7. The maximum absolute atomic E-state index is 5.19. The molecule has 0 radical (unpaired) electrons. The van der Waals surface area contributed by atoms with Gasteiger partial charge in [0.25, 0.3) is 0 Å². The van der Waals surface area contributed by atoms with Crippen molar-refractivity contribution in [3.05, 3.63) is 42.4 Å². The van der Waals surface area contributed by atoms with E-state index in [1.807, 2.05) is 24.4 Å². The Hall–Kier alpha value is -1.65. The van der Waals surface area contributed by atoms with Gasteiger partial charge in [0.1, 0.15) is 5.82 Å². The van der Waals surface area contributed by atoms with Crippen LogP contribution in [0.3, 0.4) is 0 Å². The highest BCUT2D eigenvalue weighted by atomic mass is 127. The van der Waals surface area contributed by atoms with Crippen LogP contribution in [0.15, 0.2) is 41.5 Å². The van der Waals surface area contributed by atoms with E-state index in [2.05, 4.69) is 51.2 Å². The molecule has 7 nitrogen and oxygen atoms in total. The first-order valence-corrected chi connectivity index (χ1v) is 11.0. The lowest BCUT2D eigenvalue weighted by atomic mass is 9.97. The highest BCUT2D eigenvalue weighted by molar-refractivity contribution is 14.0. The summed E-state index contributed by atoms with van der Waals surface area (Å²) in [5, 5.41) is 3.42. The van der Waals surface area contributed by atoms with E-state index >= 15 is 0 Å². The molecule has 0 bridgehead atoms. The highest BCUT2D eigenvalue weighted by Crippen LogP contribution is 2.18. The zero-order chi connectivity index (χ0) is 21.2. The van der Waals surface area contributed by atoms with Gasteiger partial charge in [-0.05, 0) is 44.3 Å². The van der Waals surface area contributed by atoms with Crippen molar-refractivity contribution in [2.75, 3.05) is 53.5 Å². The molecule has 0 atom stereocenters. The van der Waals surface area contributed by atoms with Crippen molar-refractivity contribution in [2.24, 2.45) is 10.9 Å². The molecule has 1 aromatic carbocycles. The summed E-state index contributed by atoms with van der Waals surface area (Å²) in [5.41, 5.74) is 2.19. The third-order valence-electron chi connectivity index (χ3n) is 5.61. The van der Waals surface area contributed by atoms with Crippen LogP contribution in [0.2, 0.25) is 0 Å². The van der Waals surface area contributed by atoms with Gasteiger partial charge in [0.2, 0.25) is 0 Å². The number of rotatable bonds is 9. The van der Waals surface area contributed by atoms with Crippen molar-refractivity contribution in [2.45, 2.75) is 26.3 Å². The van der Waals surface area contributed by atoms with Crippen LogP contribution in [-0.2, 0) is 11.3 Å². The van der Waals surface area contributed by atoms with Crippen LogP contribution in [0.1, 0.15) is 25.6 Å². The molecule has 0 aliphatic carbocycles. The van der Waals surface area contributed by atoms with Gasteiger partial charge in [-0.1, -0.05) is 30.3 Å². The number of nitrogens with one attached hydrogen (secondary N) is 2. The van der Waals surface area contributed by atoms with Crippen molar-refractivity contribution in [1.29, 1.82) is 0 Å². The molecule has 0 unspecified atom stereocenters. The number of aromatic nitrogens is 2. The molecule has 0 amide bonds. The Morgan fingerprint density at radius 3 is 2.71 bits per heavy atom. The number of methoxy groups -OCH3 is 1. The molecule has 31 heavy (non-hydrogen) atoms. The van der Waals surface area contributed by atoms with Gasteiger partial charge in [0.05, 0.1) is 25.0 Å². The Bertz CT molecular complexity index is 773. The van der Waals surface area contributed by atoms with Gasteiger partial charge in [-0.15, -0.1) is 24.0 Å². The molecule has 2 N–H and O–H groups in total. The second-order valence-electron chi connectivity index (χ2n) is 7.94. The Kier molecular flexibility index (Phi) is 11.3. The molecular formula is C23H37IN6O. The molecule has 0 spiro atoms. The summed E-state index contributed by atoms with van der Waals surface area (Å²) >= 11 is 0. The van der Waals surface area contributed by atoms with E-state index in [9.17, 15) is 0 Å². The van der Waals surface area contributed by atoms with E-state index < -0.39 is 0 Å². The maximum atomic E-state index is 5.19. The first kappa shape index (κ1) is 25.6. The Morgan fingerprint density at radius 1 is 1.29 bits per heavy atom. The highest BCUT2D eigenvalue weighted by Gasteiger charge is 2.19. The summed E-state index contributed by atoms with van der Waals surface area (Å²) in [6.07, 6.45) is 4.31. The summed E-state index contributed by atoms with van der Waals surface area (Å²) < 4.78 is 5.19. The van der Waals surface area contributed by atoms with Crippen LogP contribution in [0.5, 0.6) is 0 Å². The fraction of sp³-hybridized carbons (Fsp3) is 0.565. The number of guanidine groups is 1. The van der Waals surface area contributed by atoms with Crippen molar-refractivity contribution in [3.63, 3.8) is 0 Å². The third kappa shape index (κ3) is 8.08. The first-order chi connectivity index (χ1) is 14.7. The smallest absolute Gasteiger partial charge is 0.194 e. The van der Waals surface area contributed by atoms with Crippen LogP contribution in [-0.4, -0.2) is 79.2 Å². The number of hydrogen-bond donors (Lipinski definition) is 2. The molecule has 1 aromatic heterocycles. The number of aliphatic imine (C=N–C) groups is 1. The van der Waals surface area contributed by atoms with Gasteiger partial charge < -0.3 is 24.8 Å². The Labute approximate surface area is 203 Å². The monoisotopic (exact) mass is 540 g/mol. The van der Waals surface area contributed by atoms with Gasteiger partial charge in [-0.25, -0.2) is 4.98 Å². The molecule has 1 aliphatic heterocycles. The number of piperidine rings is 1. The number of hydrogen-bond acceptors (Lipinski definition) is 4. The standard InChI is InChI=1S/C23H36N6O.HI/c1-4-24-23(26-16-19-10-12-29(13-11-19)14-15-30-3)28(2)18-22-25-17-21(27-22)20-8-6-5-7-9-20;/h5-9,17,19H,4,10-16,18H2,1-3H3,(H,24,26)(H,25,27);1H. The molecular weight excluding hydrogens is 503 g/mol. The number of nitrogens with zero attached hydrogens (tertiary/aromatic N) is 4. The second-order valence-corrected chi connectivity index (χ2v) is 7.94. The minimum atomic E-state index is 0. The van der Waals surface area contributed by atoms with Crippen molar-refractivity contribution >= 4 is 29.9 Å². The number of likely N-dealkylation sites (tertiary alicyclic amines) is 1. The molecule has 8 heteroatoms. The summed E-state index contributed by atoms with van der Waals surface area (Å²) in [4.78, 5) is 17.6. The lowest BCUT2D eigenvalue weighted by Gasteiger charge is -2.31. The normalized spacial score (nSPS) is 15.5. The lowest BCUT2D eigenvalue weighted by Crippen LogP contribution is -2.40. The first-order valence-electron chi connectivity index (χ1n) is 11.0. The molecule has 1 saturated heterocycles. The van der Waals surface area contributed by atoms with Gasteiger partial charge in [0, 0.05) is 33.8 Å². The van der Waals surface area contributed by atoms with Crippen LogP contribution in [0, 0.1) is 5.92 Å². The van der Waals surface area contributed by atoms with E-state index in [4.69, 9.17) is 9.73 Å².